The third-order valence-electron chi connectivity index (χ3n) is 3.45. The van der Waals surface area contributed by atoms with Crippen LogP contribution in [-0.4, -0.2) is 29.8 Å². The first-order valence-corrected chi connectivity index (χ1v) is 6.98. The van der Waals surface area contributed by atoms with E-state index in [1.54, 1.807) is 17.0 Å². The maximum absolute atomic E-state index is 12.7. The largest absolute Gasteiger partial charge is 0.344 e. The van der Waals surface area contributed by atoms with E-state index < -0.39 is 11.8 Å². The van der Waals surface area contributed by atoms with Crippen molar-refractivity contribution in [1.82, 2.24) is 10.2 Å². The van der Waals surface area contributed by atoms with Gasteiger partial charge in [-0.15, -0.1) is 0 Å². The lowest BCUT2D eigenvalue weighted by Gasteiger charge is -2.19. The highest BCUT2D eigenvalue weighted by atomic mass is 19.1. The highest BCUT2D eigenvalue weighted by Gasteiger charge is 2.22. The Hall–Kier alpha value is -1.91. The Morgan fingerprint density at radius 1 is 1.05 bits per heavy atom. The molecule has 20 heavy (non-hydrogen) atoms. The monoisotopic (exact) mass is 278 g/mol. The van der Waals surface area contributed by atoms with Crippen LogP contribution in [0.4, 0.5) is 4.39 Å². The Balaban J connectivity index is 1.84. The zero-order valence-electron chi connectivity index (χ0n) is 11.4. The van der Waals surface area contributed by atoms with Crippen LogP contribution in [0.15, 0.2) is 24.3 Å². The van der Waals surface area contributed by atoms with Gasteiger partial charge in [0, 0.05) is 19.6 Å². The molecule has 1 aromatic carbocycles. The summed E-state index contributed by atoms with van der Waals surface area (Å²) in [7, 11) is 0. The summed E-state index contributed by atoms with van der Waals surface area (Å²) >= 11 is 0. The minimum absolute atomic E-state index is 0.235. The van der Waals surface area contributed by atoms with Crippen molar-refractivity contribution in [2.24, 2.45) is 0 Å². The molecule has 0 atom stereocenters. The zero-order chi connectivity index (χ0) is 14.4. The second kappa shape index (κ2) is 7.03. The Labute approximate surface area is 118 Å². The lowest BCUT2D eigenvalue weighted by atomic mass is 10.2. The summed E-state index contributed by atoms with van der Waals surface area (Å²) in [4.78, 5) is 25.4. The fraction of sp³-hybridized carbons (Fsp3) is 0.467. The Morgan fingerprint density at radius 3 is 2.25 bits per heavy atom. The molecule has 0 spiro atoms. The Bertz CT molecular complexity index is 465. The minimum Gasteiger partial charge on any atom is -0.344 e. The maximum Gasteiger partial charge on any atom is 0.311 e. The van der Waals surface area contributed by atoms with Crippen molar-refractivity contribution < 1.29 is 14.0 Å². The van der Waals surface area contributed by atoms with Crippen LogP contribution in [0.5, 0.6) is 0 Å². The van der Waals surface area contributed by atoms with Crippen LogP contribution in [0.1, 0.15) is 31.2 Å². The molecule has 0 aliphatic carbocycles. The van der Waals surface area contributed by atoms with E-state index >= 15 is 0 Å². The standard InChI is InChI=1S/C15H19FN2O2/c16-13-7-5-12(6-8-13)11-17-14(19)15(20)18-9-3-1-2-4-10-18/h5-8H,1-4,9-11H2,(H,17,19). The van der Waals surface area contributed by atoms with Gasteiger partial charge in [0.05, 0.1) is 0 Å². The van der Waals surface area contributed by atoms with E-state index in [2.05, 4.69) is 5.32 Å². The molecule has 2 rings (SSSR count). The van der Waals surface area contributed by atoms with E-state index in [1.165, 1.54) is 12.1 Å². The summed E-state index contributed by atoms with van der Waals surface area (Å²) in [5.41, 5.74) is 0.767. The fourth-order valence-electron chi connectivity index (χ4n) is 2.28. The predicted octanol–water partition coefficient (Wildman–Crippen LogP) is 1.84. The number of rotatable bonds is 2. The number of nitrogens with one attached hydrogen (secondary N) is 1. The van der Waals surface area contributed by atoms with Crippen molar-refractivity contribution >= 4 is 11.8 Å². The van der Waals surface area contributed by atoms with Gasteiger partial charge in [0.25, 0.3) is 0 Å². The van der Waals surface area contributed by atoms with E-state index in [0.717, 1.165) is 31.2 Å². The van der Waals surface area contributed by atoms with Gasteiger partial charge in [0.2, 0.25) is 0 Å². The molecule has 2 amide bonds. The van der Waals surface area contributed by atoms with Gasteiger partial charge < -0.3 is 10.2 Å². The van der Waals surface area contributed by atoms with Crippen molar-refractivity contribution in [3.63, 3.8) is 0 Å². The molecule has 0 aromatic heterocycles. The van der Waals surface area contributed by atoms with Gasteiger partial charge in [-0.3, -0.25) is 9.59 Å². The highest BCUT2D eigenvalue weighted by Crippen LogP contribution is 2.09. The molecular formula is C15H19FN2O2. The lowest BCUT2D eigenvalue weighted by molar-refractivity contribution is -0.145. The zero-order valence-corrected chi connectivity index (χ0v) is 11.4. The fourth-order valence-corrected chi connectivity index (χ4v) is 2.28. The molecule has 1 aliphatic rings. The van der Waals surface area contributed by atoms with Crippen molar-refractivity contribution in [3.05, 3.63) is 35.6 Å². The van der Waals surface area contributed by atoms with Gasteiger partial charge in [0.1, 0.15) is 5.82 Å². The van der Waals surface area contributed by atoms with Crippen molar-refractivity contribution in [2.75, 3.05) is 13.1 Å². The summed E-state index contributed by atoms with van der Waals surface area (Å²) in [6.45, 7) is 1.55. The van der Waals surface area contributed by atoms with Crippen LogP contribution in [0.25, 0.3) is 0 Å². The number of nitrogens with zero attached hydrogens (tertiary/aromatic N) is 1. The summed E-state index contributed by atoms with van der Waals surface area (Å²) in [6, 6.07) is 5.84. The minimum atomic E-state index is -0.587. The topological polar surface area (TPSA) is 49.4 Å². The van der Waals surface area contributed by atoms with Gasteiger partial charge in [-0.1, -0.05) is 25.0 Å². The van der Waals surface area contributed by atoms with Gasteiger partial charge in [-0.2, -0.15) is 0 Å². The average Bonchev–Trinajstić information content (AvgIpc) is 2.74. The lowest BCUT2D eigenvalue weighted by Crippen LogP contribution is -2.43. The molecule has 1 heterocycles. The number of benzene rings is 1. The van der Waals surface area contributed by atoms with Crippen LogP contribution < -0.4 is 5.32 Å². The molecule has 0 bridgehead atoms. The number of hydrogen-bond donors (Lipinski definition) is 1. The van der Waals surface area contributed by atoms with Crippen LogP contribution in [0.3, 0.4) is 0 Å². The van der Waals surface area contributed by atoms with Crippen molar-refractivity contribution in [3.8, 4) is 0 Å². The molecule has 1 fully saturated rings. The second-order valence-electron chi connectivity index (χ2n) is 5.02. The van der Waals surface area contributed by atoms with Gasteiger partial charge in [-0.25, -0.2) is 4.39 Å². The van der Waals surface area contributed by atoms with E-state index in [4.69, 9.17) is 0 Å². The summed E-state index contributed by atoms with van der Waals surface area (Å²) in [6.07, 6.45) is 4.13. The first-order chi connectivity index (χ1) is 9.66. The average molecular weight is 278 g/mol. The van der Waals surface area contributed by atoms with Crippen molar-refractivity contribution in [1.29, 1.82) is 0 Å². The van der Waals surface area contributed by atoms with Gasteiger partial charge in [-0.05, 0) is 30.5 Å². The molecule has 1 aliphatic heterocycles. The number of halogens is 1. The number of carbonyl (C=O) groups excluding carboxylic acids is 2. The molecule has 5 heteroatoms. The summed E-state index contributed by atoms with van der Waals surface area (Å²) in [5, 5.41) is 2.58. The molecule has 1 saturated heterocycles. The van der Waals surface area contributed by atoms with Crippen LogP contribution in [0.2, 0.25) is 0 Å². The summed E-state index contributed by atoms with van der Waals surface area (Å²) in [5.74, 6) is -1.37. The van der Waals surface area contributed by atoms with Crippen LogP contribution in [-0.2, 0) is 16.1 Å². The molecular weight excluding hydrogens is 259 g/mol. The molecule has 1 N–H and O–H groups in total. The first-order valence-electron chi connectivity index (χ1n) is 6.98. The van der Waals surface area contributed by atoms with Crippen molar-refractivity contribution in [2.45, 2.75) is 32.2 Å². The number of likely N-dealkylation sites (tertiary alicyclic amines) is 1. The van der Waals surface area contributed by atoms with Crippen LogP contribution in [0, 0.1) is 5.82 Å². The normalized spacial score (nSPS) is 15.6. The predicted molar refractivity (Wildman–Crippen MR) is 73.3 cm³/mol. The third kappa shape index (κ3) is 4.05. The third-order valence-corrected chi connectivity index (χ3v) is 3.45. The molecule has 0 radical (unpaired) electrons. The molecule has 4 nitrogen and oxygen atoms in total. The number of carbonyl (C=O) groups is 2. The number of hydrogen-bond acceptors (Lipinski definition) is 2. The maximum atomic E-state index is 12.7. The quantitative estimate of drug-likeness (QED) is 0.839. The van der Waals surface area contributed by atoms with E-state index in [1.807, 2.05) is 0 Å². The van der Waals surface area contributed by atoms with E-state index in [0.29, 0.717) is 13.1 Å². The SMILES string of the molecule is O=C(NCc1ccc(F)cc1)C(=O)N1CCCCCC1. The Kier molecular flexibility index (Phi) is 5.09. The summed E-state index contributed by atoms with van der Waals surface area (Å²) < 4.78 is 12.7. The second-order valence-corrected chi connectivity index (χ2v) is 5.02. The van der Waals surface area contributed by atoms with Gasteiger partial charge in [0.15, 0.2) is 0 Å². The Morgan fingerprint density at radius 2 is 1.65 bits per heavy atom. The van der Waals surface area contributed by atoms with E-state index in [-0.39, 0.29) is 12.4 Å². The van der Waals surface area contributed by atoms with Gasteiger partial charge >= 0.3 is 11.8 Å². The molecule has 0 saturated carbocycles. The number of amides is 2. The molecule has 108 valence electrons. The molecule has 1 aromatic rings. The van der Waals surface area contributed by atoms with Crippen LogP contribution >= 0.6 is 0 Å². The molecule has 0 unspecified atom stereocenters. The smallest absolute Gasteiger partial charge is 0.311 e. The first kappa shape index (κ1) is 14.5. The van der Waals surface area contributed by atoms with E-state index in [9.17, 15) is 14.0 Å². The highest BCUT2D eigenvalue weighted by molar-refractivity contribution is 6.34.